The van der Waals surface area contributed by atoms with Crippen LogP contribution in [0.15, 0.2) is 29.3 Å². The van der Waals surface area contributed by atoms with E-state index in [1.54, 1.807) is 32.2 Å². The smallest absolute Gasteiger partial charge is 0.225 e. The van der Waals surface area contributed by atoms with Crippen molar-refractivity contribution in [2.75, 3.05) is 27.3 Å². The maximum atomic E-state index is 11.9. The number of aliphatic imine (C=N–C) groups is 1. The molecule has 120 valence electrons. The van der Waals surface area contributed by atoms with Crippen LogP contribution in [0.1, 0.15) is 18.9 Å². The number of ether oxygens (including phenoxy) is 1. The highest BCUT2D eigenvalue weighted by Crippen LogP contribution is 2.28. The van der Waals surface area contributed by atoms with E-state index in [1.807, 2.05) is 18.2 Å². The molecule has 0 spiro atoms. The number of amides is 1. The Bertz CT molecular complexity index is 579. The molecular formula is C15H20ClN3O3. The molecule has 0 aromatic heterocycles. The number of nitrogens with zero attached hydrogens (tertiary/aromatic N) is 2. The molecule has 0 fully saturated rings. The fourth-order valence-electron chi connectivity index (χ4n) is 2.25. The van der Waals surface area contributed by atoms with Gasteiger partial charge in [-0.3, -0.25) is 4.79 Å². The largest absolute Gasteiger partial charge is 0.383 e. The van der Waals surface area contributed by atoms with E-state index in [4.69, 9.17) is 21.2 Å². The Kier molecular flexibility index (Phi) is 5.39. The molecule has 1 aromatic carbocycles. The number of amidine groups is 1. The van der Waals surface area contributed by atoms with Gasteiger partial charge in [0.05, 0.1) is 13.0 Å². The minimum atomic E-state index is -0.927. The first-order chi connectivity index (χ1) is 10.4. The Hall–Kier alpha value is -1.63. The number of nitrogens with one attached hydrogen (secondary N) is 1. The van der Waals surface area contributed by atoms with Crippen LogP contribution in [0.5, 0.6) is 0 Å². The summed E-state index contributed by atoms with van der Waals surface area (Å²) in [5.41, 5.74) is -0.0812. The van der Waals surface area contributed by atoms with Gasteiger partial charge in [0.15, 0.2) is 11.6 Å². The molecule has 0 radical (unpaired) electrons. The van der Waals surface area contributed by atoms with Gasteiger partial charge in [0, 0.05) is 31.3 Å². The van der Waals surface area contributed by atoms with E-state index < -0.39 is 5.72 Å². The van der Waals surface area contributed by atoms with Crippen LogP contribution in [-0.4, -0.2) is 49.8 Å². The zero-order valence-electron chi connectivity index (χ0n) is 12.9. The van der Waals surface area contributed by atoms with Crippen molar-refractivity contribution in [3.05, 3.63) is 34.9 Å². The molecule has 1 atom stereocenters. The molecule has 1 aliphatic heterocycles. The van der Waals surface area contributed by atoms with Crippen molar-refractivity contribution in [1.29, 1.82) is 0 Å². The van der Waals surface area contributed by atoms with Crippen LogP contribution in [0.4, 0.5) is 0 Å². The normalized spacial score (nSPS) is 20.9. The molecule has 1 heterocycles. The standard InChI is InChI=1S/C15H20ClN3O3/c1-15(10-13(20)17-7-8-21-3)18-14(19(2)22-15)11-5-4-6-12(16)9-11/h4-6,9H,7-8,10H2,1-3H3,(H,17,20). The zero-order chi connectivity index (χ0) is 16.2. The summed E-state index contributed by atoms with van der Waals surface area (Å²) in [7, 11) is 3.35. The first kappa shape index (κ1) is 16.7. The van der Waals surface area contributed by atoms with Gasteiger partial charge in [-0.1, -0.05) is 23.7 Å². The molecule has 1 amide bonds. The third-order valence-electron chi connectivity index (χ3n) is 3.17. The molecule has 7 heteroatoms. The number of benzene rings is 1. The van der Waals surface area contributed by atoms with Gasteiger partial charge in [-0.2, -0.15) is 0 Å². The van der Waals surface area contributed by atoms with Crippen molar-refractivity contribution in [3.8, 4) is 0 Å². The third-order valence-corrected chi connectivity index (χ3v) is 3.41. The number of carbonyl (C=O) groups is 1. The molecule has 2 rings (SSSR count). The number of hydrogen-bond donors (Lipinski definition) is 1. The quantitative estimate of drug-likeness (QED) is 0.811. The highest BCUT2D eigenvalue weighted by molar-refractivity contribution is 6.31. The van der Waals surface area contributed by atoms with Crippen molar-refractivity contribution >= 4 is 23.3 Å². The number of carbonyl (C=O) groups excluding carboxylic acids is 1. The number of hydrogen-bond acceptors (Lipinski definition) is 5. The highest BCUT2D eigenvalue weighted by atomic mass is 35.5. The lowest BCUT2D eigenvalue weighted by atomic mass is 10.1. The van der Waals surface area contributed by atoms with Gasteiger partial charge in [-0.25, -0.2) is 14.9 Å². The van der Waals surface area contributed by atoms with Gasteiger partial charge in [0.1, 0.15) is 0 Å². The monoisotopic (exact) mass is 325 g/mol. The maximum Gasteiger partial charge on any atom is 0.225 e. The summed E-state index contributed by atoms with van der Waals surface area (Å²) >= 11 is 6.01. The molecule has 0 bridgehead atoms. The van der Waals surface area contributed by atoms with Crippen LogP contribution in [0, 0.1) is 0 Å². The predicted octanol–water partition coefficient (Wildman–Crippen LogP) is 1.83. The lowest BCUT2D eigenvalue weighted by Crippen LogP contribution is -2.36. The SMILES string of the molecule is COCCNC(=O)CC1(C)N=C(c2cccc(Cl)c2)N(C)O1. The lowest BCUT2D eigenvalue weighted by molar-refractivity contribution is -0.166. The minimum absolute atomic E-state index is 0.130. The van der Waals surface area contributed by atoms with Gasteiger partial charge in [-0.15, -0.1) is 0 Å². The van der Waals surface area contributed by atoms with Crippen LogP contribution in [0.2, 0.25) is 5.02 Å². The van der Waals surface area contributed by atoms with E-state index in [-0.39, 0.29) is 12.3 Å². The van der Waals surface area contributed by atoms with Crippen LogP contribution in [0.3, 0.4) is 0 Å². The van der Waals surface area contributed by atoms with Crippen LogP contribution in [0.25, 0.3) is 0 Å². The van der Waals surface area contributed by atoms with Gasteiger partial charge in [0.25, 0.3) is 0 Å². The Balaban J connectivity index is 2.08. The Morgan fingerprint density at radius 3 is 3.00 bits per heavy atom. The molecule has 22 heavy (non-hydrogen) atoms. The molecule has 1 unspecified atom stereocenters. The van der Waals surface area contributed by atoms with Crippen molar-refractivity contribution in [3.63, 3.8) is 0 Å². The Labute approximate surface area is 135 Å². The molecular weight excluding hydrogens is 306 g/mol. The summed E-state index contributed by atoms with van der Waals surface area (Å²) < 4.78 is 4.90. The van der Waals surface area contributed by atoms with Crippen LogP contribution >= 0.6 is 11.6 Å². The van der Waals surface area contributed by atoms with Gasteiger partial charge < -0.3 is 10.1 Å². The summed E-state index contributed by atoms with van der Waals surface area (Å²) in [5.74, 6) is 0.513. The second-order valence-electron chi connectivity index (χ2n) is 5.23. The fourth-order valence-corrected chi connectivity index (χ4v) is 2.44. The zero-order valence-corrected chi connectivity index (χ0v) is 13.7. The molecule has 0 saturated carbocycles. The van der Waals surface area contributed by atoms with Gasteiger partial charge >= 0.3 is 0 Å². The fraction of sp³-hybridized carbons (Fsp3) is 0.467. The van der Waals surface area contributed by atoms with Crippen molar-refractivity contribution in [2.45, 2.75) is 19.1 Å². The number of rotatable bonds is 6. The molecule has 6 nitrogen and oxygen atoms in total. The summed E-state index contributed by atoms with van der Waals surface area (Å²) in [6, 6.07) is 7.35. The molecule has 1 aromatic rings. The first-order valence-corrected chi connectivity index (χ1v) is 7.35. The van der Waals surface area contributed by atoms with E-state index in [2.05, 4.69) is 10.3 Å². The van der Waals surface area contributed by atoms with Gasteiger partial charge in [0.2, 0.25) is 5.91 Å². The Morgan fingerprint density at radius 1 is 1.55 bits per heavy atom. The summed E-state index contributed by atoms with van der Waals surface area (Å²) in [5, 5.41) is 4.95. The number of hydroxylamine groups is 2. The van der Waals surface area contributed by atoms with E-state index >= 15 is 0 Å². The summed E-state index contributed by atoms with van der Waals surface area (Å²) in [6.45, 7) is 2.71. The summed E-state index contributed by atoms with van der Waals surface area (Å²) in [4.78, 5) is 22.2. The third kappa shape index (κ3) is 4.19. The number of methoxy groups -OCH3 is 1. The molecule has 0 aliphatic carbocycles. The van der Waals surface area contributed by atoms with Crippen LogP contribution < -0.4 is 5.32 Å². The summed E-state index contributed by atoms with van der Waals surface area (Å²) in [6.07, 6.45) is 0.130. The van der Waals surface area contributed by atoms with E-state index in [0.29, 0.717) is 24.0 Å². The number of halogens is 1. The first-order valence-electron chi connectivity index (χ1n) is 6.98. The second kappa shape index (κ2) is 7.09. The van der Waals surface area contributed by atoms with Crippen LogP contribution in [-0.2, 0) is 14.4 Å². The molecule has 1 N–H and O–H groups in total. The van der Waals surface area contributed by atoms with Crippen molar-refractivity contribution < 1.29 is 14.4 Å². The second-order valence-corrected chi connectivity index (χ2v) is 5.67. The average Bonchev–Trinajstić information content (AvgIpc) is 2.74. The lowest BCUT2D eigenvalue weighted by Gasteiger charge is -2.21. The van der Waals surface area contributed by atoms with Crippen molar-refractivity contribution in [2.24, 2.45) is 4.99 Å². The predicted molar refractivity (Wildman–Crippen MR) is 84.7 cm³/mol. The Morgan fingerprint density at radius 2 is 2.32 bits per heavy atom. The van der Waals surface area contributed by atoms with E-state index in [1.165, 1.54) is 0 Å². The molecule has 0 saturated heterocycles. The maximum absolute atomic E-state index is 11.9. The minimum Gasteiger partial charge on any atom is -0.383 e. The topological polar surface area (TPSA) is 63.2 Å². The molecule has 1 aliphatic rings. The van der Waals surface area contributed by atoms with Gasteiger partial charge in [-0.05, 0) is 19.1 Å². The van der Waals surface area contributed by atoms with E-state index in [9.17, 15) is 4.79 Å². The van der Waals surface area contributed by atoms with Crippen molar-refractivity contribution in [1.82, 2.24) is 10.4 Å². The highest BCUT2D eigenvalue weighted by Gasteiger charge is 2.37. The van der Waals surface area contributed by atoms with E-state index in [0.717, 1.165) is 5.56 Å². The average molecular weight is 326 g/mol.